The number of aromatic nitrogens is 2. The molecule has 0 fully saturated rings. The molecule has 0 aromatic carbocycles. The van der Waals surface area contributed by atoms with Crippen LogP contribution in [0.25, 0.3) is 11.0 Å². The van der Waals surface area contributed by atoms with Crippen molar-refractivity contribution >= 4 is 32.7 Å². The Kier molecular flexibility index (Phi) is 3.91. The summed E-state index contributed by atoms with van der Waals surface area (Å²) < 4.78 is 0.915. The number of halogens is 1. The van der Waals surface area contributed by atoms with E-state index in [0.29, 0.717) is 6.54 Å². The Morgan fingerprint density at radius 1 is 1.47 bits per heavy atom. The van der Waals surface area contributed by atoms with E-state index in [2.05, 4.69) is 31.2 Å². The molecule has 0 aliphatic heterocycles. The van der Waals surface area contributed by atoms with E-state index >= 15 is 0 Å². The Hall–Kier alpha value is -1.20. The van der Waals surface area contributed by atoms with Crippen molar-refractivity contribution in [3.63, 3.8) is 0 Å². The Bertz CT molecular complexity index is 518. The lowest BCUT2D eigenvalue weighted by molar-refractivity contribution is 0.244. The van der Waals surface area contributed by atoms with Gasteiger partial charge in [0.2, 0.25) is 0 Å². The van der Waals surface area contributed by atoms with Crippen LogP contribution < -0.4 is 5.32 Å². The first-order valence-corrected chi connectivity index (χ1v) is 6.25. The number of hydrogen-bond donors (Lipinski definition) is 2. The van der Waals surface area contributed by atoms with Gasteiger partial charge >= 0.3 is 0 Å². The molecule has 90 valence electrons. The van der Waals surface area contributed by atoms with Crippen molar-refractivity contribution in [2.45, 2.75) is 6.92 Å². The zero-order valence-electron chi connectivity index (χ0n) is 9.52. The maximum atomic E-state index is 8.99. The normalized spacial score (nSPS) is 12.6. The van der Waals surface area contributed by atoms with Crippen LogP contribution >= 0.6 is 15.9 Å². The molecule has 2 aromatic rings. The van der Waals surface area contributed by atoms with Gasteiger partial charge in [0.1, 0.15) is 5.52 Å². The third-order valence-electron chi connectivity index (χ3n) is 2.50. The quantitative estimate of drug-likeness (QED) is 0.910. The fraction of sp³-hybridized carbons (Fsp3) is 0.333. The van der Waals surface area contributed by atoms with Gasteiger partial charge in [-0.1, -0.05) is 6.92 Å². The molecule has 2 N–H and O–H groups in total. The number of aliphatic hydroxyl groups excluding tert-OH is 1. The third-order valence-corrected chi connectivity index (χ3v) is 2.93. The molecule has 1 unspecified atom stereocenters. The van der Waals surface area contributed by atoms with Crippen molar-refractivity contribution in [1.29, 1.82) is 0 Å². The molecule has 5 heteroatoms. The van der Waals surface area contributed by atoms with E-state index in [9.17, 15) is 0 Å². The number of anilines is 1. The Morgan fingerprint density at radius 3 is 3.06 bits per heavy atom. The molecule has 0 aliphatic rings. The van der Waals surface area contributed by atoms with Crippen LogP contribution in [0.1, 0.15) is 6.92 Å². The van der Waals surface area contributed by atoms with E-state index in [1.54, 1.807) is 12.4 Å². The maximum absolute atomic E-state index is 8.99. The van der Waals surface area contributed by atoms with Crippen LogP contribution in [0.3, 0.4) is 0 Å². The van der Waals surface area contributed by atoms with E-state index < -0.39 is 0 Å². The van der Waals surface area contributed by atoms with Gasteiger partial charge in [0.15, 0.2) is 0 Å². The molecule has 0 saturated carbocycles. The van der Waals surface area contributed by atoms with Crippen LogP contribution in [0.2, 0.25) is 0 Å². The highest BCUT2D eigenvalue weighted by Crippen LogP contribution is 2.22. The molecular weight excluding hydrogens is 282 g/mol. The molecule has 0 bridgehead atoms. The number of fused-ring (bicyclic) bond motifs is 1. The molecule has 1 atom stereocenters. The van der Waals surface area contributed by atoms with Gasteiger partial charge in [-0.15, -0.1) is 0 Å². The molecule has 0 amide bonds. The van der Waals surface area contributed by atoms with Crippen LogP contribution in [-0.2, 0) is 0 Å². The minimum Gasteiger partial charge on any atom is -0.396 e. The van der Waals surface area contributed by atoms with E-state index in [0.717, 1.165) is 21.2 Å². The standard InChI is InChI=1S/C12H14BrN3O/c1-8(7-17)5-15-10-2-3-14-11-4-9(13)6-16-12(10)11/h2-4,6,8,17H,5,7H2,1H3,(H,14,15). The summed E-state index contributed by atoms with van der Waals surface area (Å²) in [6.45, 7) is 2.88. The zero-order valence-corrected chi connectivity index (χ0v) is 11.1. The Labute approximate surface area is 108 Å². The van der Waals surface area contributed by atoms with Crippen LogP contribution in [0.5, 0.6) is 0 Å². The van der Waals surface area contributed by atoms with Gasteiger partial charge in [-0.3, -0.25) is 9.97 Å². The van der Waals surface area contributed by atoms with Crippen LogP contribution in [0, 0.1) is 5.92 Å². The molecule has 0 radical (unpaired) electrons. The highest BCUT2D eigenvalue weighted by atomic mass is 79.9. The number of pyridine rings is 2. The van der Waals surface area contributed by atoms with E-state index in [1.165, 1.54) is 0 Å². The van der Waals surface area contributed by atoms with E-state index in [1.807, 2.05) is 19.1 Å². The molecule has 0 saturated heterocycles. The summed E-state index contributed by atoms with van der Waals surface area (Å²) in [7, 11) is 0. The van der Waals surface area contributed by atoms with Gasteiger partial charge in [0.25, 0.3) is 0 Å². The Morgan fingerprint density at radius 2 is 2.29 bits per heavy atom. The second-order valence-corrected chi connectivity index (χ2v) is 4.96. The van der Waals surface area contributed by atoms with E-state index in [4.69, 9.17) is 5.11 Å². The second-order valence-electron chi connectivity index (χ2n) is 4.05. The fourth-order valence-electron chi connectivity index (χ4n) is 1.50. The molecule has 4 nitrogen and oxygen atoms in total. The molecule has 0 aliphatic carbocycles. The van der Waals surface area contributed by atoms with Gasteiger partial charge in [-0.05, 0) is 34.0 Å². The predicted molar refractivity (Wildman–Crippen MR) is 72.0 cm³/mol. The summed E-state index contributed by atoms with van der Waals surface area (Å²) in [5.74, 6) is 0.216. The summed E-state index contributed by atoms with van der Waals surface area (Å²) in [4.78, 5) is 8.62. The number of nitrogens with one attached hydrogen (secondary N) is 1. The molecule has 17 heavy (non-hydrogen) atoms. The number of nitrogens with zero attached hydrogens (tertiary/aromatic N) is 2. The predicted octanol–water partition coefficient (Wildman–Crippen LogP) is 2.43. The topological polar surface area (TPSA) is 58.0 Å². The van der Waals surface area contributed by atoms with Crippen molar-refractivity contribution in [3.05, 3.63) is 29.0 Å². The second kappa shape index (κ2) is 5.42. The van der Waals surface area contributed by atoms with Crippen molar-refractivity contribution in [2.75, 3.05) is 18.5 Å². The lowest BCUT2D eigenvalue weighted by atomic mass is 10.2. The number of rotatable bonds is 4. The first-order valence-electron chi connectivity index (χ1n) is 5.45. The van der Waals surface area contributed by atoms with E-state index in [-0.39, 0.29) is 12.5 Å². The maximum Gasteiger partial charge on any atom is 0.112 e. The first-order chi connectivity index (χ1) is 8.20. The summed E-state index contributed by atoms with van der Waals surface area (Å²) in [5, 5.41) is 12.3. The molecular formula is C12H14BrN3O. The monoisotopic (exact) mass is 295 g/mol. The average Bonchev–Trinajstić information content (AvgIpc) is 2.35. The summed E-state index contributed by atoms with van der Waals surface area (Å²) in [5.41, 5.74) is 2.64. The van der Waals surface area contributed by atoms with Gasteiger partial charge in [-0.2, -0.15) is 0 Å². The third kappa shape index (κ3) is 2.92. The molecule has 2 rings (SSSR count). The summed E-state index contributed by atoms with van der Waals surface area (Å²) >= 11 is 3.37. The van der Waals surface area contributed by atoms with Crippen LogP contribution in [-0.4, -0.2) is 28.2 Å². The molecule has 0 spiro atoms. The highest BCUT2D eigenvalue weighted by molar-refractivity contribution is 9.10. The van der Waals surface area contributed by atoms with Crippen molar-refractivity contribution in [2.24, 2.45) is 5.92 Å². The first kappa shape index (κ1) is 12.3. The Balaban J connectivity index is 2.28. The molecule has 2 aromatic heterocycles. The highest BCUT2D eigenvalue weighted by Gasteiger charge is 2.05. The minimum atomic E-state index is 0.176. The lowest BCUT2D eigenvalue weighted by Crippen LogP contribution is -2.14. The summed E-state index contributed by atoms with van der Waals surface area (Å²) in [6.07, 6.45) is 3.51. The van der Waals surface area contributed by atoms with Crippen LogP contribution in [0.4, 0.5) is 5.69 Å². The SMILES string of the molecule is CC(CO)CNc1ccnc2cc(Br)cnc12. The fourth-order valence-corrected chi connectivity index (χ4v) is 1.82. The summed E-state index contributed by atoms with van der Waals surface area (Å²) in [6, 6.07) is 3.83. The van der Waals surface area contributed by atoms with Crippen LogP contribution in [0.15, 0.2) is 29.0 Å². The smallest absolute Gasteiger partial charge is 0.112 e. The zero-order chi connectivity index (χ0) is 12.3. The van der Waals surface area contributed by atoms with Gasteiger partial charge < -0.3 is 10.4 Å². The van der Waals surface area contributed by atoms with Gasteiger partial charge in [0, 0.05) is 30.0 Å². The minimum absolute atomic E-state index is 0.176. The van der Waals surface area contributed by atoms with Gasteiger partial charge in [-0.25, -0.2) is 0 Å². The lowest BCUT2D eigenvalue weighted by Gasteiger charge is -2.12. The van der Waals surface area contributed by atoms with Gasteiger partial charge in [0.05, 0.1) is 11.2 Å². The molecule has 2 heterocycles. The van der Waals surface area contributed by atoms with Crippen molar-refractivity contribution in [3.8, 4) is 0 Å². The number of aliphatic hydroxyl groups is 1. The van der Waals surface area contributed by atoms with Crippen molar-refractivity contribution < 1.29 is 5.11 Å². The average molecular weight is 296 g/mol. The largest absolute Gasteiger partial charge is 0.396 e. The van der Waals surface area contributed by atoms with Crippen molar-refractivity contribution in [1.82, 2.24) is 9.97 Å². The number of hydrogen-bond acceptors (Lipinski definition) is 4.